The molecule has 112 valence electrons. The molecule has 3 aromatic rings. The first-order chi connectivity index (χ1) is 10.6. The van der Waals surface area contributed by atoms with Crippen molar-refractivity contribution in [3.05, 3.63) is 80.8 Å². The maximum absolute atomic E-state index is 6.46. The highest BCUT2D eigenvalue weighted by Gasteiger charge is 2.19. The fourth-order valence-electron chi connectivity index (χ4n) is 2.25. The number of rotatable bonds is 3. The van der Waals surface area contributed by atoms with E-state index in [0.717, 1.165) is 15.9 Å². The van der Waals surface area contributed by atoms with E-state index in [-0.39, 0.29) is 0 Å². The maximum Gasteiger partial charge on any atom is 0.0665 e. The molecule has 0 aliphatic rings. The van der Waals surface area contributed by atoms with Crippen LogP contribution in [0, 0.1) is 0 Å². The van der Waals surface area contributed by atoms with Crippen LogP contribution < -0.4 is 15.9 Å². The molecule has 0 saturated carbocycles. The summed E-state index contributed by atoms with van der Waals surface area (Å²) >= 11 is 25.3. The Morgan fingerprint density at radius 3 is 1.73 bits per heavy atom. The fourth-order valence-corrected chi connectivity index (χ4v) is 5.88. The van der Waals surface area contributed by atoms with Crippen molar-refractivity contribution in [3.63, 3.8) is 0 Å². The van der Waals surface area contributed by atoms with Gasteiger partial charge in [0.1, 0.15) is 0 Å². The number of halogens is 4. The Balaban J connectivity index is 2.26. The number of hydrogen-bond donors (Lipinski definition) is 0. The predicted octanol–water partition coefficient (Wildman–Crippen LogP) is 5.78. The Labute approximate surface area is 150 Å². The minimum atomic E-state index is -0.916. The van der Waals surface area contributed by atoms with E-state index in [4.69, 9.17) is 46.4 Å². The fraction of sp³-hybridized carbons (Fsp3) is 0. The van der Waals surface area contributed by atoms with Crippen LogP contribution in [0.25, 0.3) is 0 Å². The first-order valence-electron chi connectivity index (χ1n) is 6.49. The van der Waals surface area contributed by atoms with Crippen LogP contribution in [0.15, 0.2) is 60.7 Å². The minimum Gasteiger partial charge on any atom is -0.206 e. The van der Waals surface area contributed by atoms with Gasteiger partial charge in [0.25, 0.3) is 0 Å². The molecule has 0 fully saturated rings. The summed E-state index contributed by atoms with van der Waals surface area (Å²) in [5.41, 5.74) is 0. The number of benzene rings is 2. The minimum absolute atomic E-state index is 0.538. The first-order valence-corrected chi connectivity index (χ1v) is 9.35. The zero-order chi connectivity index (χ0) is 15.7. The molecule has 0 aliphatic heterocycles. The zero-order valence-electron chi connectivity index (χ0n) is 11.2. The van der Waals surface area contributed by atoms with Gasteiger partial charge in [-0.1, -0.05) is 78.6 Å². The molecule has 0 nitrogen and oxygen atoms in total. The average molecular weight is 387 g/mol. The third kappa shape index (κ3) is 3.04. The van der Waals surface area contributed by atoms with E-state index in [0.29, 0.717) is 20.1 Å². The molecule has 5 heteroatoms. The molecule has 0 unspecified atom stereocenters. The molecule has 0 atom stereocenters. The van der Waals surface area contributed by atoms with E-state index < -0.39 is 7.92 Å². The molecule has 22 heavy (non-hydrogen) atoms. The monoisotopic (exact) mass is 385 g/mol. The molecule has 0 heterocycles. The summed E-state index contributed by atoms with van der Waals surface area (Å²) in [6.45, 7) is 0. The Bertz CT molecular complexity index is 745. The maximum atomic E-state index is 6.46. The van der Waals surface area contributed by atoms with Crippen molar-refractivity contribution < 1.29 is 0 Å². The molecule has 3 aromatic carbocycles. The van der Waals surface area contributed by atoms with Crippen LogP contribution >= 0.6 is 54.3 Å². The molecule has 0 radical (unpaired) electrons. The van der Waals surface area contributed by atoms with E-state index in [2.05, 4.69) is 12.1 Å². The van der Waals surface area contributed by atoms with Gasteiger partial charge in [-0.25, -0.2) is 6.07 Å². The lowest BCUT2D eigenvalue weighted by atomic mass is 10.3. The van der Waals surface area contributed by atoms with Crippen molar-refractivity contribution in [1.82, 2.24) is 0 Å². The largest absolute Gasteiger partial charge is 0.206 e. The summed E-state index contributed by atoms with van der Waals surface area (Å²) in [5.74, 6) is 0. The van der Waals surface area contributed by atoms with E-state index >= 15 is 0 Å². The van der Waals surface area contributed by atoms with Crippen molar-refractivity contribution in [3.8, 4) is 0 Å². The Morgan fingerprint density at radius 1 is 0.727 bits per heavy atom. The summed E-state index contributed by atoms with van der Waals surface area (Å²) in [7, 11) is -0.916. The zero-order valence-corrected chi connectivity index (χ0v) is 15.2. The molecule has 0 saturated heterocycles. The van der Waals surface area contributed by atoms with E-state index in [1.165, 1.54) is 0 Å². The van der Waals surface area contributed by atoms with Gasteiger partial charge < -0.3 is 0 Å². The summed E-state index contributed by atoms with van der Waals surface area (Å²) in [6.07, 6.45) is 0. The van der Waals surface area contributed by atoms with Crippen LogP contribution in [-0.2, 0) is 0 Å². The van der Waals surface area contributed by atoms with E-state index in [9.17, 15) is 0 Å². The van der Waals surface area contributed by atoms with Crippen LogP contribution in [0.4, 0.5) is 0 Å². The van der Waals surface area contributed by atoms with E-state index in [1.54, 1.807) is 12.1 Å². The molecular formula is C17H10Cl4P-. The van der Waals surface area contributed by atoms with Gasteiger partial charge in [0, 0.05) is 0 Å². The van der Waals surface area contributed by atoms with Gasteiger partial charge in [0.15, 0.2) is 0 Å². The third-order valence-electron chi connectivity index (χ3n) is 3.25. The van der Waals surface area contributed by atoms with Crippen LogP contribution in [0.1, 0.15) is 0 Å². The van der Waals surface area contributed by atoms with E-state index in [1.807, 2.05) is 36.4 Å². The third-order valence-corrected chi connectivity index (χ3v) is 7.67. The Morgan fingerprint density at radius 2 is 1.27 bits per heavy atom. The highest BCUT2D eigenvalue weighted by atomic mass is 35.5. The predicted molar refractivity (Wildman–Crippen MR) is 101 cm³/mol. The van der Waals surface area contributed by atoms with Gasteiger partial charge in [0.2, 0.25) is 0 Å². The second kappa shape index (κ2) is 6.87. The molecule has 0 aromatic heterocycles. The summed E-state index contributed by atoms with van der Waals surface area (Å²) in [4.78, 5) is 0. The second-order valence-corrected chi connectivity index (χ2v) is 8.35. The molecule has 0 amide bonds. The van der Waals surface area contributed by atoms with Gasteiger partial charge in [-0.15, -0.1) is 0 Å². The SMILES string of the molecule is Clc1cccc(P(c2cc[cH-]c2)c2cccc(Cl)c2Cl)c1Cl. The highest BCUT2D eigenvalue weighted by Crippen LogP contribution is 2.41. The van der Waals surface area contributed by atoms with Crippen LogP contribution in [-0.4, -0.2) is 0 Å². The Hall–Kier alpha value is -0.620. The van der Waals surface area contributed by atoms with Crippen molar-refractivity contribution in [2.45, 2.75) is 0 Å². The van der Waals surface area contributed by atoms with Gasteiger partial charge in [-0.3, -0.25) is 0 Å². The van der Waals surface area contributed by atoms with Gasteiger partial charge >= 0.3 is 0 Å². The summed E-state index contributed by atoms with van der Waals surface area (Å²) < 4.78 is 0. The molecule has 0 spiro atoms. The van der Waals surface area contributed by atoms with Gasteiger partial charge in [0.05, 0.1) is 20.1 Å². The average Bonchev–Trinajstić information content (AvgIpc) is 3.02. The van der Waals surface area contributed by atoms with Crippen LogP contribution in [0.5, 0.6) is 0 Å². The standard InChI is InChI=1S/C17H10Cl4P/c18-12-7-3-9-14(16(12)20)22(11-5-1-2-6-11)15-10-4-8-13(19)17(15)21/h1-10H/q-1. The van der Waals surface area contributed by atoms with Gasteiger partial charge in [-0.05, 0) is 22.7 Å². The summed E-state index contributed by atoms with van der Waals surface area (Å²) in [5, 5.41) is 5.30. The summed E-state index contributed by atoms with van der Waals surface area (Å²) in [6, 6.07) is 19.5. The van der Waals surface area contributed by atoms with Crippen molar-refractivity contribution in [2.24, 2.45) is 0 Å². The molecule has 0 aliphatic carbocycles. The Kier molecular flexibility index (Phi) is 5.07. The smallest absolute Gasteiger partial charge is 0.0665 e. The lowest BCUT2D eigenvalue weighted by Crippen LogP contribution is -2.21. The lowest BCUT2D eigenvalue weighted by Gasteiger charge is -2.26. The quantitative estimate of drug-likeness (QED) is 0.395. The van der Waals surface area contributed by atoms with Crippen molar-refractivity contribution in [1.29, 1.82) is 0 Å². The van der Waals surface area contributed by atoms with Crippen molar-refractivity contribution in [2.75, 3.05) is 0 Å². The second-order valence-electron chi connectivity index (χ2n) is 4.62. The molecular weight excluding hydrogens is 377 g/mol. The molecule has 0 bridgehead atoms. The van der Waals surface area contributed by atoms with Crippen LogP contribution in [0.2, 0.25) is 20.1 Å². The molecule has 0 N–H and O–H groups in total. The number of hydrogen-bond acceptors (Lipinski definition) is 0. The van der Waals surface area contributed by atoms with Crippen LogP contribution in [0.3, 0.4) is 0 Å². The highest BCUT2D eigenvalue weighted by molar-refractivity contribution is 7.80. The lowest BCUT2D eigenvalue weighted by molar-refractivity contribution is 1.74. The topological polar surface area (TPSA) is 0 Å². The first kappa shape index (κ1) is 16.2. The molecule has 3 rings (SSSR count). The van der Waals surface area contributed by atoms with Crippen molar-refractivity contribution >= 4 is 70.2 Å². The van der Waals surface area contributed by atoms with Gasteiger partial charge in [-0.2, -0.15) is 23.5 Å². The normalized spacial score (nSPS) is 11.1.